The van der Waals surface area contributed by atoms with Crippen LogP contribution in [-0.4, -0.2) is 64.0 Å². The number of nitrogens with two attached hydrogens (primary N) is 2. The fourth-order valence-corrected chi connectivity index (χ4v) is 3.66. The average molecular weight is 618 g/mol. The summed E-state index contributed by atoms with van der Waals surface area (Å²) in [5.41, 5.74) is 11.5. The molecular formula is C26H29F6N7O4. The molecule has 1 aliphatic rings. The fourth-order valence-electron chi connectivity index (χ4n) is 3.66. The van der Waals surface area contributed by atoms with E-state index in [1.807, 2.05) is 13.8 Å². The molecule has 0 aromatic heterocycles. The molecule has 0 saturated carbocycles. The SMILES string of the molecule is CC(C)N=C1CN(CC(=O)NCc2ccc(C(=N)N)c(O)c2)C(c2cc(N)cc(C(F)(F)F)c2)=CN1.O=C(O)C(F)(F)F. The number of rotatable bonds is 7. The Morgan fingerprint density at radius 3 is 2.28 bits per heavy atom. The second kappa shape index (κ2) is 13.8. The van der Waals surface area contributed by atoms with Gasteiger partial charge in [0.25, 0.3) is 0 Å². The van der Waals surface area contributed by atoms with Gasteiger partial charge < -0.3 is 37.2 Å². The molecule has 43 heavy (non-hydrogen) atoms. The number of amidine groups is 2. The van der Waals surface area contributed by atoms with E-state index in [4.69, 9.17) is 26.8 Å². The van der Waals surface area contributed by atoms with Gasteiger partial charge in [-0.05, 0) is 49.7 Å². The van der Waals surface area contributed by atoms with Crippen LogP contribution in [0, 0.1) is 5.41 Å². The van der Waals surface area contributed by atoms with Crippen LogP contribution in [0.2, 0.25) is 0 Å². The van der Waals surface area contributed by atoms with Gasteiger partial charge in [0.15, 0.2) is 0 Å². The molecule has 0 aliphatic carbocycles. The Labute approximate surface area is 241 Å². The van der Waals surface area contributed by atoms with Gasteiger partial charge in [-0.2, -0.15) is 26.3 Å². The Hall–Kier alpha value is -4.96. The van der Waals surface area contributed by atoms with Crippen molar-refractivity contribution >= 4 is 34.9 Å². The van der Waals surface area contributed by atoms with Gasteiger partial charge in [0, 0.05) is 30.0 Å². The Kier molecular flexibility index (Phi) is 11.0. The summed E-state index contributed by atoms with van der Waals surface area (Å²) in [6, 6.07) is 7.71. The van der Waals surface area contributed by atoms with Crippen LogP contribution in [-0.2, 0) is 22.3 Å². The quantitative estimate of drug-likeness (QED) is 0.107. The minimum atomic E-state index is -5.08. The van der Waals surface area contributed by atoms with Gasteiger partial charge in [0.2, 0.25) is 5.91 Å². The number of anilines is 1. The molecule has 0 atom stereocenters. The molecule has 17 heteroatoms. The lowest BCUT2D eigenvalue weighted by Gasteiger charge is -2.32. The molecule has 0 saturated heterocycles. The number of benzene rings is 2. The van der Waals surface area contributed by atoms with Gasteiger partial charge in [0.05, 0.1) is 29.9 Å². The van der Waals surface area contributed by atoms with Gasteiger partial charge in [-0.25, -0.2) is 4.79 Å². The summed E-state index contributed by atoms with van der Waals surface area (Å²) in [7, 11) is 0. The maximum Gasteiger partial charge on any atom is 0.490 e. The number of aromatic hydroxyl groups is 1. The first-order chi connectivity index (χ1) is 19.8. The lowest BCUT2D eigenvalue weighted by atomic mass is 10.0. The second-order valence-electron chi connectivity index (χ2n) is 9.39. The zero-order chi connectivity index (χ0) is 32.7. The van der Waals surface area contributed by atoms with Gasteiger partial charge in [-0.3, -0.25) is 15.2 Å². The summed E-state index contributed by atoms with van der Waals surface area (Å²) in [6.45, 7) is 3.84. The molecule has 0 bridgehead atoms. The van der Waals surface area contributed by atoms with E-state index in [2.05, 4.69) is 15.6 Å². The number of nitrogen functional groups attached to an aromatic ring is 2. The summed E-state index contributed by atoms with van der Waals surface area (Å²) < 4.78 is 71.8. The number of carbonyl (C=O) groups is 2. The van der Waals surface area contributed by atoms with Crippen molar-refractivity contribution in [3.8, 4) is 5.75 Å². The van der Waals surface area contributed by atoms with E-state index in [1.54, 1.807) is 11.0 Å². The van der Waals surface area contributed by atoms with Crippen LogP contribution in [0.15, 0.2) is 47.6 Å². The summed E-state index contributed by atoms with van der Waals surface area (Å²) in [5, 5.41) is 30.3. The van der Waals surface area contributed by atoms with Crippen LogP contribution in [0.3, 0.4) is 0 Å². The molecular weight excluding hydrogens is 588 g/mol. The molecule has 2 aromatic rings. The molecule has 0 spiro atoms. The predicted molar refractivity (Wildman–Crippen MR) is 146 cm³/mol. The van der Waals surface area contributed by atoms with E-state index in [0.29, 0.717) is 17.1 Å². The number of aliphatic imine (C=N–C) groups is 1. The first-order valence-electron chi connectivity index (χ1n) is 12.3. The van der Waals surface area contributed by atoms with Crippen molar-refractivity contribution in [2.75, 3.05) is 18.8 Å². The van der Waals surface area contributed by atoms with E-state index in [1.165, 1.54) is 24.4 Å². The predicted octanol–water partition coefficient (Wildman–Crippen LogP) is 3.24. The minimum Gasteiger partial charge on any atom is -0.507 e. The van der Waals surface area contributed by atoms with Crippen molar-refractivity contribution in [1.82, 2.24) is 15.5 Å². The number of hydrogen-bond acceptors (Lipinski definition) is 7. The van der Waals surface area contributed by atoms with E-state index in [9.17, 15) is 36.2 Å². The molecule has 1 amide bonds. The average Bonchev–Trinajstić information content (AvgIpc) is 2.86. The molecule has 234 valence electrons. The number of halogens is 6. The number of amides is 1. The summed E-state index contributed by atoms with van der Waals surface area (Å²) in [5.74, 6) is -3.06. The molecule has 9 N–H and O–H groups in total. The molecule has 3 rings (SSSR count). The van der Waals surface area contributed by atoms with Gasteiger partial charge >= 0.3 is 18.3 Å². The van der Waals surface area contributed by atoms with E-state index < -0.39 is 29.8 Å². The largest absolute Gasteiger partial charge is 0.507 e. The molecule has 1 heterocycles. The molecule has 2 aromatic carbocycles. The second-order valence-corrected chi connectivity index (χ2v) is 9.39. The van der Waals surface area contributed by atoms with Crippen molar-refractivity contribution in [3.05, 3.63) is 64.9 Å². The van der Waals surface area contributed by atoms with E-state index in [-0.39, 0.29) is 54.1 Å². The Morgan fingerprint density at radius 2 is 1.77 bits per heavy atom. The van der Waals surface area contributed by atoms with Gasteiger partial charge in [-0.1, -0.05) is 6.07 Å². The van der Waals surface area contributed by atoms with Crippen LogP contribution in [0.4, 0.5) is 32.0 Å². The Morgan fingerprint density at radius 1 is 1.14 bits per heavy atom. The first kappa shape index (κ1) is 34.2. The molecule has 1 aliphatic heterocycles. The molecule has 11 nitrogen and oxygen atoms in total. The monoisotopic (exact) mass is 617 g/mol. The lowest BCUT2D eigenvalue weighted by Crippen LogP contribution is -2.44. The highest BCUT2D eigenvalue weighted by Gasteiger charge is 2.38. The number of nitrogens with zero attached hydrogens (tertiary/aromatic N) is 2. The summed E-state index contributed by atoms with van der Waals surface area (Å²) >= 11 is 0. The highest BCUT2D eigenvalue weighted by atomic mass is 19.4. The number of carboxylic acids is 1. The number of phenols is 1. The third kappa shape index (κ3) is 10.4. The smallest absolute Gasteiger partial charge is 0.490 e. The van der Waals surface area contributed by atoms with Crippen LogP contribution < -0.4 is 22.1 Å². The topological polar surface area (TPSA) is 190 Å². The third-order valence-electron chi connectivity index (χ3n) is 5.47. The molecule has 0 unspecified atom stereocenters. The van der Waals surface area contributed by atoms with Crippen molar-refractivity contribution in [2.24, 2.45) is 10.7 Å². The third-order valence-corrected chi connectivity index (χ3v) is 5.47. The number of alkyl halides is 6. The van der Waals surface area contributed by atoms with Crippen LogP contribution >= 0.6 is 0 Å². The highest BCUT2D eigenvalue weighted by Crippen LogP contribution is 2.34. The first-order valence-corrected chi connectivity index (χ1v) is 12.3. The van der Waals surface area contributed by atoms with Crippen molar-refractivity contribution in [2.45, 2.75) is 38.8 Å². The Balaban J connectivity index is 0.000000821. The van der Waals surface area contributed by atoms with E-state index >= 15 is 0 Å². The number of aliphatic carboxylic acids is 1. The number of nitrogens with one attached hydrogen (secondary N) is 3. The number of hydrogen-bond donors (Lipinski definition) is 7. The van der Waals surface area contributed by atoms with E-state index in [0.717, 1.165) is 12.1 Å². The maximum absolute atomic E-state index is 13.4. The Bertz CT molecular complexity index is 1420. The van der Waals surface area contributed by atoms with Crippen LogP contribution in [0.1, 0.15) is 36.1 Å². The number of carbonyl (C=O) groups excluding carboxylic acids is 1. The van der Waals surface area contributed by atoms with Crippen molar-refractivity contribution in [1.29, 1.82) is 5.41 Å². The van der Waals surface area contributed by atoms with Crippen molar-refractivity contribution in [3.63, 3.8) is 0 Å². The van der Waals surface area contributed by atoms with Crippen molar-refractivity contribution < 1.29 is 46.1 Å². The zero-order valence-electron chi connectivity index (χ0n) is 22.8. The molecule has 0 radical (unpaired) electrons. The normalized spacial score (nSPS) is 14.4. The highest BCUT2D eigenvalue weighted by molar-refractivity contribution is 5.97. The zero-order valence-corrected chi connectivity index (χ0v) is 22.8. The summed E-state index contributed by atoms with van der Waals surface area (Å²) in [4.78, 5) is 27.7. The maximum atomic E-state index is 13.4. The minimum absolute atomic E-state index is 0.0343. The standard InChI is InChI=1S/C24H28F3N7O2.C2HF3O2/c1-13(2)33-21-11-34(12-22(36)32-9-14-3-4-18(23(29)30)20(35)5-14)19(10-31-21)15-6-16(24(25,26)27)8-17(28)7-15;3-2(4,5)1(6)7/h3-8,10,13,35H,9,11-12,28H2,1-2H3,(H3,29,30)(H,31,33)(H,32,36);(H,6,7). The summed E-state index contributed by atoms with van der Waals surface area (Å²) in [6.07, 6.45) is -8.16. The fraction of sp³-hybridized carbons (Fsp3) is 0.308. The van der Waals surface area contributed by atoms with Gasteiger partial charge in [0.1, 0.15) is 17.4 Å². The van der Waals surface area contributed by atoms with Crippen LogP contribution in [0.5, 0.6) is 5.75 Å². The van der Waals surface area contributed by atoms with Crippen LogP contribution in [0.25, 0.3) is 5.70 Å². The van der Waals surface area contributed by atoms with Gasteiger partial charge in [-0.15, -0.1) is 0 Å². The lowest BCUT2D eigenvalue weighted by molar-refractivity contribution is -0.192. The number of phenolic OH excluding ortho intramolecular Hbond substituents is 1. The molecule has 0 fully saturated rings. The number of carboxylic acid groups (broad SMARTS) is 1.